The molecule has 0 aromatic rings. The fraction of sp³-hybridized carbons (Fsp3) is 0.943. The van der Waals surface area contributed by atoms with E-state index in [1.165, 1.54) is 34.9 Å². The van der Waals surface area contributed by atoms with Crippen LogP contribution < -0.4 is 0 Å². The van der Waals surface area contributed by atoms with Crippen LogP contribution in [0, 0.1) is 17.8 Å². The van der Waals surface area contributed by atoms with Gasteiger partial charge in [0.2, 0.25) is 0 Å². The molecule has 3 unspecified atom stereocenters. The Hall–Kier alpha value is -1.34. The molecule has 6 N–H and O–H groups in total. The highest BCUT2D eigenvalue weighted by atomic mass is 16.7. The molecule has 3 aliphatic rings. The first-order chi connectivity index (χ1) is 23.0. The first-order valence-electron chi connectivity index (χ1n) is 17.8. The van der Waals surface area contributed by atoms with Gasteiger partial charge in [-0.1, -0.05) is 27.7 Å². The number of ketones is 1. The van der Waals surface area contributed by atoms with Crippen molar-refractivity contribution in [3.63, 3.8) is 0 Å². The van der Waals surface area contributed by atoms with E-state index in [4.69, 9.17) is 28.4 Å². The Kier molecular flexibility index (Phi) is 14.4. The molecular formula is C35H63NO14. The number of hydroxylamine groups is 2. The van der Waals surface area contributed by atoms with E-state index in [1.807, 2.05) is 0 Å². The lowest BCUT2D eigenvalue weighted by Crippen LogP contribution is -2.60. The quantitative estimate of drug-likeness (QED) is 0.162. The number of aliphatic hydroxyl groups is 5. The van der Waals surface area contributed by atoms with Crippen LogP contribution in [-0.2, 0) is 38.0 Å². The standard InChI is InChI=1S/C35H63NO14/c1-12-24-35(9,43)29(40)20(5)27(38)17(2)15-33(7,42)31(50-32-28(39)22(36(10)44)13-18(3)46-32)19(4)23(14-25(37)49-24)48-26-16-34(8,45-11)30(41)21(6)47-26/h17-24,26,28-32,39-44H,12-16H2,1-11H3/t17-,18-,19+,20+,21+,22+,23-,24-,26?,28?,29-,30+,31-,32?,33-,34-,35-/m1/s1. The highest BCUT2D eigenvalue weighted by Gasteiger charge is 2.52. The molecule has 50 heavy (non-hydrogen) atoms. The van der Waals surface area contributed by atoms with Crippen LogP contribution in [0.4, 0.5) is 0 Å². The number of ether oxygens (including phenoxy) is 6. The van der Waals surface area contributed by atoms with Crippen molar-refractivity contribution in [2.45, 2.75) is 179 Å². The summed E-state index contributed by atoms with van der Waals surface area (Å²) >= 11 is 0. The van der Waals surface area contributed by atoms with Crippen LogP contribution in [0.3, 0.4) is 0 Å². The number of likely N-dealkylation sites (N-methyl/N-ethyl adjacent to an activating group) is 1. The number of rotatable bonds is 7. The summed E-state index contributed by atoms with van der Waals surface area (Å²) in [6.45, 7) is 14.4. The van der Waals surface area contributed by atoms with E-state index in [2.05, 4.69) is 0 Å². The zero-order chi connectivity index (χ0) is 38.1. The zero-order valence-electron chi connectivity index (χ0n) is 31.5. The van der Waals surface area contributed by atoms with Crippen molar-refractivity contribution in [2.75, 3.05) is 14.2 Å². The van der Waals surface area contributed by atoms with Crippen molar-refractivity contribution in [1.82, 2.24) is 5.06 Å². The molecule has 0 aromatic heterocycles. The minimum Gasteiger partial charge on any atom is -0.459 e. The molecule has 17 atom stereocenters. The monoisotopic (exact) mass is 721 g/mol. The number of carbonyl (C=O) groups is 2. The molecule has 3 heterocycles. The van der Waals surface area contributed by atoms with E-state index in [1.54, 1.807) is 41.5 Å². The van der Waals surface area contributed by atoms with Crippen LogP contribution >= 0.6 is 0 Å². The van der Waals surface area contributed by atoms with Crippen LogP contribution in [0.5, 0.6) is 0 Å². The Labute approximate surface area is 296 Å². The van der Waals surface area contributed by atoms with Gasteiger partial charge < -0.3 is 59.2 Å². The highest BCUT2D eigenvalue weighted by molar-refractivity contribution is 5.83. The molecule has 3 rings (SSSR count). The lowest BCUT2D eigenvalue weighted by molar-refractivity contribution is -0.322. The number of aliphatic hydroxyl groups excluding tert-OH is 3. The summed E-state index contributed by atoms with van der Waals surface area (Å²) in [6, 6.07) is -0.763. The molecule has 0 saturated carbocycles. The smallest absolute Gasteiger partial charge is 0.308 e. The van der Waals surface area contributed by atoms with Gasteiger partial charge in [0.1, 0.15) is 29.7 Å². The van der Waals surface area contributed by atoms with E-state index >= 15 is 0 Å². The Morgan fingerprint density at radius 3 is 2.12 bits per heavy atom. The zero-order valence-corrected chi connectivity index (χ0v) is 31.5. The molecule has 0 aromatic carbocycles. The topological polar surface area (TPSA) is 214 Å². The minimum atomic E-state index is -2.00. The number of carbonyl (C=O) groups excluding carboxylic acids is 2. The van der Waals surface area contributed by atoms with E-state index in [-0.39, 0.29) is 25.7 Å². The third kappa shape index (κ3) is 9.41. The van der Waals surface area contributed by atoms with E-state index < -0.39 is 120 Å². The summed E-state index contributed by atoms with van der Waals surface area (Å²) in [6.07, 6.45) is -11.1. The van der Waals surface area contributed by atoms with Crippen LogP contribution in [0.2, 0.25) is 0 Å². The normalized spacial score (nSPS) is 49.0. The molecule has 0 spiro atoms. The number of Topliss-reactive ketones (excluding diaryl/α,β-unsaturated/α-hetero) is 1. The molecule has 292 valence electrons. The maximum absolute atomic E-state index is 13.7. The van der Waals surface area contributed by atoms with Gasteiger partial charge in [0.15, 0.2) is 12.6 Å². The molecular weight excluding hydrogens is 658 g/mol. The van der Waals surface area contributed by atoms with Crippen molar-refractivity contribution < 1.29 is 68.8 Å². The summed E-state index contributed by atoms with van der Waals surface area (Å²) in [7, 11) is 2.86. The lowest BCUT2D eigenvalue weighted by Gasteiger charge is -2.48. The summed E-state index contributed by atoms with van der Waals surface area (Å²) in [4.78, 5) is 27.4. The summed E-state index contributed by atoms with van der Waals surface area (Å²) in [5.74, 6) is -4.08. The molecule has 3 fully saturated rings. The van der Waals surface area contributed by atoms with Gasteiger partial charge in [-0.3, -0.25) is 9.59 Å². The van der Waals surface area contributed by atoms with Gasteiger partial charge in [0, 0.05) is 38.3 Å². The number of methoxy groups -OCH3 is 1. The van der Waals surface area contributed by atoms with Gasteiger partial charge in [-0.15, -0.1) is 0 Å². The van der Waals surface area contributed by atoms with Gasteiger partial charge in [-0.25, -0.2) is 0 Å². The fourth-order valence-corrected chi connectivity index (χ4v) is 7.96. The molecule has 0 aliphatic carbocycles. The Morgan fingerprint density at radius 2 is 1.56 bits per heavy atom. The van der Waals surface area contributed by atoms with E-state index in [0.29, 0.717) is 0 Å². The number of hydrogen-bond donors (Lipinski definition) is 6. The summed E-state index contributed by atoms with van der Waals surface area (Å²) in [5.41, 5.74) is -4.91. The third-order valence-corrected chi connectivity index (χ3v) is 11.2. The third-order valence-electron chi connectivity index (χ3n) is 11.2. The number of nitrogens with zero attached hydrogens (tertiary/aromatic N) is 1. The van der Waals surface area contributed by atoms with Crippen molar-refractivity contribution in [3.8, 4) is 0 Å². The average Bonchev–Trinajstić information content (AvgIpc) is 3.03. The van der Waals surface area contributed by atoms with E-state index in [9.17, 15) is 40.3 Å². The Morgan fingerprint density at radius 1 is 0.940 bits per heavy atom. The van der Waals surface area contributed by atoms with Gasteiger partial charge in [-0.05, 0) is 53.9 Å². The van der Waals surface area contributed by atoms with Crippen molar-refractivity contribution >= 4 is 11.8 Å². The van der Waals surface area contributed by atoms with Gasteiger partial charge in [0.05, 0.1) is 54.2 Å². The first kappa shape index (κ1) is 43.1. The number of hydrogen-bond acceptors (Lipinski definition) is 15. The molecule has 3 aliphatic heterocycles. The maximum Gasteiger partial charge on any atom is 0.308 e. The van der Waals surface area contributed by atoms with Gasteiger partial charge in [-0.2, -0.15) is 5.06 Å². The van der Waals surface area contributed by atoms with Crippen molar-refractivity contribution in [1.29, 1.82) is 0 Å². The lowest BCUT2D eigenvalue weighted by atomic mass is 9.74. The Balaban J connectivity index is 2.13. The molecule has 0 amide bonds. The molecule has 0 bridgehead atoms. The SMILES string of the molecule is CC[C@H]1OC(=O)C[C@@H](OC2C[C@@](C)(OC)[C@@H](O)[C@H](C)O2)[C@H](C)[C@@H](OC2O[C@H](C)C[C@H](N(C)O)C2O)[C@](C)(O)C[C@@H](C)C(=O)[C@H](C)[C@@H](O)[C@]1(C)O. The van der Waals surface area contributed by atoms with E-state index in [0.717, 1.165) is 5.06 Å². The van der Waals surface area contributed by atoms with Crippen LogP contribution in [0.15, 0.2) is 0 Å². The Bertz CT molecular complexity index is 1140. The highest BCUT2D eigenvalue weighted by Crippen LogP contribution is 2.39. The molecule has 15 nitrogen and oxygen atoms in total. The predicted molar refractivity (Wildman–Crippen MR) is 178 cm³/mol. The first-order valence-corrected chi connectivity index (χ1v) is 17.8. The van der Waals surface area contributed by atoms with Crippen LogP contribution in [0.1, 0.15) is 94.4 Å². The second-order valence-corrected chi connectivity index (χ2v) is 15.6. The number of esters is 1. The predicted octanol–water partition coefficient (Wildman–Crippen LogP) is 1.30. The van der Waals surface area contributed by atoms with Crippen molar-refractivity contribution in [3.05, 3.63) is 0 Å². The molecule has 3 saturated heterocycles. The average molecular weight is 722 g/mol. The summed E-state index contributed by atoms with van der Waals surface area (Å²) < 4.78 is 36.3. The second kappa shape index (κ2) is 16.8. The fourth-order valence-electron chi connectivity index (χ4n) is 7.96. The van der Waals surface area contributed by atoms with Gasteiger partial charge in [0.25, 0.3) is 0 Å². The molecule has 15 heteroatoms. The maximum atomic E-state index is 13.7. The van der Waals surface area contributed by atoms with Gasteiger partial charge >= 0.3 is 5.97 Å². The van der Waals surface area contributed by atoms with Crippen molar-refractivity contribution in [2.24, 2.45) is 17.8 Å². The molecule has 0 radical (unpaired) electrons. The minimum absolute atomic E-state index is 0.0730. The largest absolute Gasteiger partial charge is 0.459 e. The van der Waals surface area contributed by atoms with Crippen LogP contribution in [0.25, 0.3) is 0 Å². The summed E-state index contributed by atoms with van der Waals surface area (Å²) in [5, 5.41) is 68.2. The second-order valence-electron chi connectivity index (χ2n) is 15.6. The number of cyclic esters (lactones) is 1. The van der Waals surface area contributed by atoms with Crippen LogP contribution in [-0.4, -0.2) is 146 Å².